The van der Waals surface area contributed by atoms with Crippen molar-refractivity contribution in [2.45, 2.75) is 32.4 Å². The quantitative estimate of drug-likeness (QED) is 0.481. The molecule has 0 heterocycles. The molecule has 0 aliphatic heterocycles. The molecule has 0 bridgehead atoms. The summed E-state index contributed by atoms with van der Waals surface area (Å²) in [5.41, 5.74) is -1.68. The first-order valence-corrected chi connectivity index (χ1v) is 5.95. The number of nitro groups is 1. The minimum atomic E-state index is -4.61. The van der Waals surface area contributed by atoms with E-state index in [2.05, 4.69) is 5.32 Å². The first-order chi connectivity index (χ1) is 8.86. The molecule has 19 heavy (non-hydrogen) atoms. The first kappa shape index (κ1) is 15.3. The van der Waals surface area contributed by atoms with Gasteiger partial charge < -0.3 is 5.32 Å². The van der Waals surface area contributed by atoms with Gasteiger partial charge in [0.25, 0.3) is 5.69 Å². The van der Waals surface area contributed by atoms with Crippen LogP contribution in [0, 0.1) is 10.1 Å². The number of nitrogens with one attached hydrogen (secondary N) is 1. The second-order valence-corrected chi connectivity index (χ2v) is 4.12. The normalized spacial score (nSPS) is 11.4. The molecule has 0 aliphatic carbocycles. The number of benzene rings is 1. The van der Waals surface area contributed by atoms with Gasteiger partial charge in [0, 0.05) is 24.4 Å². The topological polar surface area (TPSA) is 55.2 Å². The van der Waals surface area contributed by atoms with Crippen LogP contribution in [0.25, 0.3) is 0 Å². The Morgan fingerprint density at radius 2 is 2.00 bits per heavy atom. The van der Waals surface area contributed by atoms with E-state index in [0.29, 0.717) is 12.6 Å². The van der Waals surface area contributed by atoms with Crippen molar-refractivity contribution in [3.63, 3.8) is 0 Å². The van der Waals surface area contributed by atoms with Gasteiger partial charge in [-0.3, -0.25) is 10.1 Å². The third-order valence-corrected chi connectivity index (χ3v) is 2.62. The fraction of sp³-hybridized carbons (Fsp3) is 0.500. The second kappa shape index (κ2) is 6.40. The van der Waals surface area contributed by atoms with Crippen molar-refractivity contribution < 1.29 is 18.1 Å². The largest absolute Gasteiger partial charge is 0.418 e. The molecule has 1 rings (SSSR count). The minimum Gasteiger partial charge on any atom is -0.385 e. The van der Waals surface area contributed by atoms with Gasteiger partial charge in [0.15, 0.2) is 0 Å². The van der Waals surface area contributed by atoms with Gasteiger partial charge in [0.05, 0.1) is 10.5 Å². The monoisotopic (exact) mass is 276 g/mol. The molecule has 1 N–H and O–H groups in total. The molecule has 1 aromatic rings. The molecule has 0 radical (unpaired) electrons. The Hall–Kier alpha value is -1.79. The van der Waals surface area contributed by atoms with E-state index in [9.17, 15) is 23.3 Å². The SMILES string of the molecule is CCCCCNc1ccc([N+](=O)[O-])cc1C(F)(F)F. The average Bonchev–Trinajstić information content (AvgIpc) is 2.33. The number of hydrogen-bond donors (Lipinski definition) is 1. The van der Waals surface area contributed by atoms with Crippen molar-refractivity contribution in [1.82, 2.24) is 0 Å². The molecule has 7 heteroatoms. The minimum absolute atomic E-state index is 0.116. The Balaban J connectivity index is 2.93. The second-order valence-electron chi connectivity index (χ2n) is 4.12. The summed E-state index contributed by atoms with van der Waals surface area (Å²) in [6.07, 6.45) is -1.97. The van der Waals surface area contributed by atoms with E-state index in [1.807, 2.05) is 6.92 Å². The maximum absolute atomic E-state index is 12.8. The highest BCUT2D eigenvalue weighted by molar-refractivity contribution is 5.57. The van der Waals surface area contributed by atoms with Crippen molar-refractivity contribution in [2.75, 3.05) is 11.9 Å². The van der Waals surface area contributed by atoms with Crippen molar-refractivity contribution >= 4 is 11.4 Å². The highest BCUT2D eigenvalue weighted by Crippen LogP contribution is 2.37. The number of alkyl halides is 3. The third-order valence-electron chi connectivity index (χ3n) is 2.62. The van der Waals surface area contributed by atoms with E-state index in [1.165, 1.54) is 0 Å². The van der Waals surface area contributed by atoms with Crippen LogP contribution in [0.5, 0.6) is 0 Å². The summed E-state index contributed by atoms with van der Waals surface area (Å²) >= 11 is 0. The molecular formula is C12H15F3N2O2. The van der Waals surface area contributed by atoms with E-state index < -0.39 is 22.4 Å². The van der Waals surface area contributed by atoms with Crippen molar-refractivity contribution in [3.05, 3.63) is 33.9 Å². The van der Waals surface area contributed by atoms with Crippen LogP contribution in [-0.4, -0.2) is 11.5 Å². The summed E-state index contributed by atoms with van der Waals surface area (Å²) in [4.78, 5) is 9.67. The fourth-order valence-corrected chi connectivity index (χ4v) is 1.63. The maximum atomic E-state index is 12.8. The molecule has 0 atom stereocenters. The Morgan fingerprint density at radius 1 is 1.32 bits per heavy atom. The van der Waals surface area contributed by atoms with Gasteiger partial charge in [0.1, 0.15) is 0 Å². The maximum Gasteiger partial charge on any atom is 0.418 e. The summed E-state index contributed by atoms with van der Waals surface area (Å²) in [7, 11) is 0. The molecule has 0 aromatic heterocycles. The zero-order chi connectivity index (χ0) is 14.5. The highest BCUT2D eigenvalue weighted by atomic mass is 19.4. The van der Waals surface area contributed by atoms with Crippen LogP contribution >= 0.6 is 0 Å². The van der Waals surface area contributed by atoms with Crippen molar-refractivity contribution in [2.24, 2.45) is 0 Å². The number of nitrogens with zero attached hydrogens (tertiary/aromatic N) is 1. The lowest BCUT2D eigenvalue weighted by Gasteiger charge is -2.14. The van der Waals surface area contributed by atoms with Crippen LogP contribution in [0.4, 0.5) is 24.5 Å². The lowest BCUT2D eigenvalue weighted by molar-refractivity contribution is -0.385. The highest BCUT2D eigenvalue weighted by Gasteiger charge is 2.35. The van der Waals surface area contributed by atoms with Crippen molar-refractivity contribution in [3.8, 4) is 0 Å². The molecule has 0 saturated heterocycles. The molecule has 0 unspecified atom stereocenters. The lowest BCUT2D eigenvalue weighted by atomic mass is 10.1. The summed E-state index contributed by atoms with van der Waals surface area (Å²) in [6.45, 7) is 2.40. The van der Waals surface area contributed by atoms with E-state index in [0.717, 1.165) is 31.4 Å². The average molecular weight is 276 g/mol. The third kappa shape index (κ3) is 4.42. The smallest absolute Gasteiger partial charge is 0.385 e. The molecule has 0 spiro atoms. The summed E-state index contributed by atoms with van der Waals surface area (Å²) < 4.78 is 38.4. The fourth-order valence-electron chi connectivity index (χ4n) is 1.63. The van der Waals surface area contributed by atoms with Crippen LogP contribution in [0.15, 0.2) is 18.2 Å². The number of hydrogen-bond acceptors (Lipinski definition) is 3. The van der Waals surface area contributed by atoms with Gasteiger partial charge in [-0.25, -0.2) is 0 Å². The lowest BCUT2D eigenvalue weighted by Crippen LogP contribution is -2.12. The summed E-state index contributed by atoms with van der Waals surface area (Å²) in [6, 6.07) is 2.73. The van der Waals surface area contributed by atoms with E-state index in [4.69, 9.17) is 0 Å². The van der Waals surface area contributed by atoms with E-state index in [-0.39, 0.29) is 5.69 Å². The number of unbranched alkanes of at least 4 members (excludes halogenated alkanes) is 2. The van der Waals surface area contributed by atoms with Gasteiger partial charge in [-0.2, -0.15) is 13.2 Å². The Kier molecular flexibility index (Phi) is 5.14. The first-order valence-electron chi connectivity index (χ1n) is 5.95. The van der Waals surface area contributed by atoms with Crippen molar-refractivity contribution in [1.29, 1.82) is 0 Å². The Bertz CT molecular complexity index is 447. The van der Waals surface area contributed by atoms with Gasteiger partial charge >= 0.3 is 6.18 Å². The predicted octanol–water partition coefficient (Wildman–Crippen LogP) is 4.22. The molecule has 0 aliphatic rings. The van der Waals surface area contributed by atoms with Crippen LogP contribution in [0.2, 0.25) is 0 Å². The number of rotatable bonds is 6. The number of halogens is 3. The van der Waals surface area contributed by atoms with E-state index in [1.54, 1.807) is 0 Å². The van der Waals surface area contributed by atoms with E-state index >= 15 is 0 Å². The number of anilines is 1. The molecule has 4 nitrogen and oxygen atoms in total. The van der Waals surface area contributed by atoms with Crippen LogP contribution in [0.3, 0.4) is 0 Å². The Morgan fingerprint density at radius 3 is 2.53 bits per heavy atom. The van der Waals surface area contributed by atoms with Gasteiger partial charge in [-0.15, -0.1) is 0 Å². The number of non-ortho nitro benzene ring substituents is 1. The van der Waals surface area contributed by atoms with Crippen LogP contribution in [-0.2, 0) is 6.18 Å². The van der Waals surface area contributed by atoms with Crippen LogP contribution < -0.4 is 5.32 Å². The molecule has 106 valence electrons. The molecule has 0 fully saturated rings. The van der Waals surface area contributed by atoms with Gasteiger partial charge in [-0.1, -0.05) is 19.8 Å². The number of nitro benzene ring substituents is 1. The zero-order valence-corrected chi connectivity index (χ0v) is 10.5. The van der Waals surface area contributed by atoms with Gasteiger partial charge in [0.2, 0.25) is 0 Å². The molecule has 1 aromatic carbocycles. The zero-order valence-electron chi connectivity index (χ0n) is 10.5. The molecule has 0 amide bonds. The van der Waals surface area contributed by atoms with Gasteiger partial charge in [-0.05, 0) is 12.5 Å². The summed E-state index contributed by atoms with van der Waals surface area (Å²) in [5, 5.41) is 13.2. The Labute approximate surface area is 108 Å². The molecular weight excluding hydrogens is 261 g/mol. The summed E-state index contributed by atoms with van der Waals surface area (Å²) in [5.74, 6) is 0. The van der Waals surface area contributed by atoms with Crippen LogP contribution in [0.1, 0.15) is 31.7 Å². The molecule has 0 saturated carbocycles. The standard InChI is InChI=1S/C12H15F3N2O2/c1-2-3-4-7-16-11-6-5-9(17(18)19)8-10(11)12(13,14)15/h5-6,8,16H,2-4,7H2,1H3. The predicted molar refractivity (Wildman–Crippen MR) is 66.1 cm³/mol.